The maximum absolute atomic E-state index is 3.61. The molecule has 0 aliphatic heterocycles. The Bertz CT molecular complexity index is 502. The summed E-state index contributed by atoms with van der Waals surface area (Å²) in [7, 11) is 4.10. The van der Waals surface area contributed by atoms with Gasteiger partial charge in [0.05, 0.1) is 5.52 Å². The van der Waals surface area contributed by atoms with E-state index in [2.05, 4.69) is 64.2 Å². The third-order valence-corrected chi connectivity index (χ3v) is 3.69. The molecule has 2 nitrogen and oxygen atoms in total. The number of likely N-dealkylation sites (N-methyl/N-ethyl adjacent to an activating group) is 1. The van der Waals surface area contributed by atoms with Crippen LogP contribution in [-0.4, -0.2) is 17.7 Å². The van der Waals surface area contributed by atoms with Crippen molar-refractivity contribution in [3.8, 4) is 0 Å². The molecule has 86 valence electrons. The molecule has 0 bridgehead atoms. The van der Waals surface area contributed by atoms with Crippen molar-refractivity contribution < 1.29 is 0 Å². The van der Waals surface area contributed by atoms with Crippen LogP contribution >= 0.6 is 15.9 Å². The predicted octanol–water partition coefficient (Wildman–Crippen LogP) is 3.09. The molecular formula is C13H17BrN2. The third-order valence-electron chi connectivity index (χ3n) is 3.05. The standard InChI is InChI=1S/C13H17BrN2/c1-9(15-2)7-10-8-16(3)13-11(10)5-4-6-12(13)14/h4-6,8-9,15H,7H2,1-3H3. The summed E-state index contributed by atoms with van der Waals surface area (Å²) < 4.78 is 3.35. The summed E-state index contributed by atoms with van der Waals surface area (Å²) in [5.74, 6) is 0. The van der Waals surface area contributed by atoms with E-state index in [1.807, 2.05) is 7.05 Å². The van der Waals surface area contributed by atoms with E-state index < -0.39 is 0 Å². The molecule has 1 unspecified atom stereocenters. The fourth-order valence-electron chi connectivity index (χ4n) is 2.10. The van der Waals surface area contributed by atoms with Crippen LogP contribution < -0.4 is 5.32 Å². The maximum atomic E-state index is 3.61. The molecule has 0 aliphatic carbocycles. The predicted molar refractivity (Wildman–Crippen MR) is 72.8 cm³/mol. The SMILES string of the molecule is CNC(C)Cc1cn(C)c2c(Br)cccc12. The topological polar surface area (TPSA) is 17.0 Å². The summed E-state index contributed by atoms with van der Waals surface area (Å²) in [5.41, 5.74) is 2.68. The Hall–Kier alpha value is -0.800. The maximum Gasteiger partial charge on any atom is 0.0624 e. The molecule has 1 N–H and O–H groups in total. The first-order chi connectivity index (χ1) is 7.63. The van der Waals surface area contributed by atoms with Crippen molar-refractivity contribution >= 4 is 26.8 Å². The van der Waals surface area contributed by atoms with E-state index >= 15 is 0 Å². The van der Waals surface area contributed by atoms with Crippen LogP contribution in [0.5, 0.6) is 0 Å². The van der Waals surface area contributed by atoms with Crippen LogP contribution in [0.25, 0.3) is 10.9 Å². The first-order valence-corrected chi connectivity index (χ1v) is 6.32. The van der Waals surface area contributed by atoms with Crippen LogP contribution in [0.1, 0.15) is 12.5 Å². The number of rotatable bonds is 3. The highest BCUT2D eigenvalue weighted by Crippen LogP contribution is 2.28. The number of nitrogens with zero attached hydrogens (tertiary/aromatic N) is 1. The number of aromatic nitrogens is 1. The number of para-hydroxylation sites is 1. The van der Waals surface area contributed by atoms with Crippen molar-refractivity contribution in [3.05, 3.63) is 34.4 Å². The summed E-state index contributed by atoms with van der Waals surface area (Å²) in [6, 6.07) is 6.88. The lowest BCUT2D eigenvalue weighted by molar-refractivity contribution is 0.609. The second-order valence-corrected chi connectivity index (χ2v) is 5.15. The minimum Gasteiger partial charge on any atom is -0.349 e. The van der Waals surface area contributed by atoms with Crippen LogP contribution in [0, 0.1) is 0 Å². The van der Waals surface area contributed by atoms with E-state index in [4.69, 9.17) is 0 Å². The lowest BCUT2D eigenvalue weighted by atomic mass is 10.1. The van der Waals surface area contributed by atoms with Crippen LogP contribution in [0.2, 0.25) is 0 Å². The molecule has 1 heterocycles. The van der Waals surface area contributed by atoms with Crippen LogP contribution in [-0.2, 0) is 13.5 Å². The zero-order valence-corrected chi connectivity index (χ0v) is 11.5. The van der Waals surface area contributed by atoms with Gasteiger partial charge in [-0.3, -0.25) is 0 Å². The summed E-state index contributed by atoms with van der Waals surface area (Å²) in [6.07, 6.45) is 3.29. The Kier molecular flexibility index (Phi) is 3.36. The number of aryl methyl sites for hydroxylation is 1. The first-order valence-electron chi connectivity index (χ1n) is 5.53. The summed E-state index contributed by atoms with van der Waals surface area (Å²) >= 11 is 3.61. The van der Waals surface area contributed by atoms with E-state index in [1.165, 1.54) is 16.5 Å². The Balaban J connectivity index is 2.51. The number of hydrogen-bond acceptors (Lipinski definition) is 1. The zero-order valence-electron chi connectivity index (χ0n) is 9.92. The molecule has 1 aromatic heterocycles. The largest absolute Gasteiger partial charge is 0.349 e. The van der Waals surface area contributed by atoms with Gasteiger partial charge in [0.25, 0.3) is 0 Å². The number of benzene rings is 1. The number of nitrogens with one attached hydrogen (secondary N) is 1. The van der Waals surface area contributed by atoms with Gasteiger partial charge in [-0.05, 0) is 48.0 Å². The van der Waals surface area contributed by atoms with Gasteiger partial charge in [0.15, 0.2) is 0 Å². The van der Waals surface area contributed by atoms with Crippen LogP contribution in [0.3, 0.4) is 0 Å². The molecule has 2 rings (SSSR count). The molecule has 0 amide bonds. The Morgan fingerprint density at radius 1 is 1.44 bits per heavy atom. The van der Waals surface area contributed by atoms with Crippen LogP contribution in [0.15, 0.2) is 28.9 Å². The van der Waals surface area contributed by atoms with E-state index in [0.717, 1.165) is 10.9 Å². The zero-order chi connectivity index (χ0) is 11.7. The highest BCUT2D eigenvalue weighted by atomic mass is 79.9. The number of halogens is 1. The van der Waals surface area contributed by atoms with Crippen LogP contribution in [0.4, 0.5) is 0 Å². The minimum atomic E-state index is 0.504. The molecular weight excluding hydrogens is 264 g/mol. The molecule has 0 saturated carbocycles. The monoisotopic (exact) mass is 280 g/mol. The fourth-order valence-corrected chi connectivity index (χ4v) is 2.74. The van der Waals surface area contributed by atoms with Gasteiger partial charge in [-0.15, -0.1) is 0 Å². The van der Waals surface area contributed by atoms with Gasteiger partial charge in [-0.25, -0.2) is 0 Å². The molecule has 16 heavy (non-hydrogen) atoms. The van der Waals surface area contributed by atoms with Crippen molar-refractivity contribution in [3.63, 3.8) is 0 Å². The smallest absolute Gasteiger partial charge is 0.0624 e. The van der Waals surface area contributed by atoms with E-state index in [-0.39, 0.29) is 0 Å². The first kappa shape index (κ1) is 11.7. The molecule has 1 aromatic carbocycles. The second-order valence-electron chi connectivity index (χ2n) is 4.30. The average Bonchev–Trinajstić information content (AvgIpc) is 2.57. The van der Waals surface area contributed by atoms with Crippen molar-refractivity contribution in [2.24, 2.45) is 7.05 Å². The summed E-state index contributed by atoms with van der Waals surface area (Å²) in [5, 5.41) is 4.63. The molecule has 2 aromatic rings. The molecule has 0 spiro atoms. The second kappa shape index (κ2) is 4.60. The summed E-state index contributed by atoms with van der Waals surface area (Å²) in [4.78, 5) is 0. The number of fused-ring (bicyclic) bond motifs is 1. The molecule has 0 fully saturated rings. The van der Waals surface area contributed by atoms with E-state index in [1.54, 1.807) is 0 Å². The van der Waals surface area contributed by atoms with Gasteiger partial charge >= 0.3 is 0 Å². The van der Waals surface area contributed by atoms with Gasteiger partial charge in [-0.2, -0.15) is 0 Å². The van der Waals surface area contributed by atoms with Crippen molar-refractivity contribution in [1.29, 1.82) is 0 Å². The quantitative estimate of drug-likeness (QED) is 0.914. The molecule has 0 saturated heterocycles. The van der Waals surface area contributed by atoms with E-state index in [0.29, 0.717) is 6.04 Å². The van der Waals surface area contributed by atoms with Gasteiger partial charge in [0.2, 0.25) is 0 Å². The van der Waals surface area contributed by atoms with Gasteiger partial charge in [0.1, 0.15) is 0 Å². The van der Waals surface area contributed by atoms with Gasteiger partial charge in [-0.1, -0.05) is 12.1 Å². The molecule has 0 aliphatic rings. The fraction of sp³-hybridized carbons (Fsp3) is 0.385. The van der Waals surface area contributed by atoms with Crippen molar-refractivity contribution in [2.45, 2.75) is 19.4 Å². The average molecular weight is 281 g/mol. The Labute approximate surface area is 105 Å². The summed E-state index contributed by atoms with van der Waals surface area (Å²) in [6.45, 7) is 2.21. The van der Waals surface area contributed by atoms with Gasteiger partial charge in [0, 0.05) is 29.1 Å². The van der Waals surface area contributed by atoms with Crippen molar-refractivity contribution in [2.75, 3.05) is 7.05 Å². The third kappa shape index (κ3) is 2.02. The number of hydrogen-bond donors (Lipinski definition) is 1. The Morgan fingerprint density at radius 3 is 2.88 bits per heavy atom. The highest BCUT2D eigenvalue weighted by molar-refractivity contribution is 9.10. The lowest BCUT2D eigenvalue weighted by Crippen LogP contribution is -2.23. The van der Waals surface area contributed by atoms with E-state index in [9.17, 15) is 0 Å². The lowest BCUT2D eigenvalue weighted by Gasteiger charge is -2.08. The van der Waals surface area contributed by atoms with Crippen molar-refractivity contribution in [1.82, 2.24) is 9.88 Å². The Morgan fingerprint density at radius 2 is 2.19 bits per heavy atom. The minimum absolute atomic E-state index is 0.504. The highest BCUT2D eigenvalue weighted by Gasteiger charge is 2.10. The molecule has 3 heteroatoms. The molecule has 1 atom stereocenters. The normalized spacial score (nSPS) is 13.2. The van der Waals surface area contributed by atoms with Gasteiger partial charge < -0.3 is 9.88 Å². The molecule has 0 radical (unpaired) electrons.